The van der Waals surface area contributed by atoms with E-state index in [2.05, 4.69) is 34.8 Å². The van der Waals surface area contributed by atoms with Crippen molar-refractivity contribution in [2.45, 2.75) is 39.5 Å². The normalized spacial score (nSPS) is 15.5. The summed E-state index contributed by atoms with van der Waals surface area (Å²) in [4.78, 5) is 13.7. The fraction of sp³-hybridized carbons (Fsp3) is 0.600. The third-order valence-corrected chi connectivity index (χ3v) is 5.35. The number of anilines is 2. The predicted octanol–water partition coefficient (Wildman–Crippen LogP) is 3.46. The molecule has 0 bridgehead atoms. The number of hydrogen-bond acceptors (Lipinski definition) is 5. The molecule has 20 heavy (non-hydrogen) atoms. The first-order valence-electron chi connectivity index (χ1n) is 7.52. The quantitative estimate of drug-likeness (QED) is 0.916. The van der Waals surface area contributed by atoms with Crippen molar-refractivity contribution in [1.82, 2.24) is 9.97 Å². The molecule has 0 aromatic carbocycles. The number of nitrogens with zero attached hydrogens (tertiary/aromatic N) is 3. The molecule has 0 radical (unpaired) electrons. The van der Waals surface area contributed by atoms with Crippen LogP contribution in [-0.4, -0.2) is 23.1 Å². The maximum atomic E-state index is 5.90. The van der Waals surface area contributed by atoms with E-state index in [0.717, 1.165) is 36.1 Å². The van der Waals surface area contributed by atoms with Crippen molar-refractivity contribution >= 4 is 33.3 Å². The molecule has 108 valence electrons. The van der Waals surface area contributed by atoms with E-state index in [1.165, 1.54) is 29.5 Å². The number of aryl methyl sites for hydroxylation is 1. The highest BCUT2D eigenvalue weighted by Gasteiger charge is 2.22. The zero-order valence-electron chi connectivity index (χ0n) is 12.2. The second-order valence-corrected chi connectivity index (χ2v) is 6.64. The lowest BCUT2D eigenvalue weighted by Crippen LogP contribution is -2.33. The number of thiophene rings is 1. The third kappa shape index (κ3) is 2.46. The Bertz CT molecular complexity index is 603. The molecule has 0 amide bonds. The molecule has 4 nitrogen and oxygen atoms in total. The van der Waals surface area contributed by atoms with Gasteiger partial charge in [0.25, 0.3) is 0 Å². The van der Waals surface area contributed by atoms with Crippen LogP contribution in [0.25, 0.3) is 10.2 Å². The molecule has 5 heteroatoms. The smallest absolute Gasteiger partial charge is 0.223 e. The highest BCUT2D eigenvalue weighted by Crippen LogP contribution is 2.34. The molecule has 2 aromatic rings. The van der Waals surface area contributed by atoms with Gasteiger partial charge in [-0.1, -0.05) is 13.3 Å². The molecule has 0 atom stereocenters. The van der Waals surface area contributed by atoms with Crippen LogP contribution in [0.15, 0.2) is 6.07 Å². The molecule has 0 unspecified atom stereocenters. The number of hydrogen-bond donors (Lipinski definition) is 1. The van der Waals surface area contributed by atoms with Crippen LogP contribution in [-0.2, 0) is 6.42 Å². The summed E-state index contributed by atoms with van der Waals surface area (Å²) in [5, 5.41) is 1.17. The van der Waals surface area contributed by atoms with Gasteiger partial charge in [0.1, 0.15) is 10.6 Å². The van der Waals surface area contributed by atoms with E-state index in [0.29, 0.717) is 5.95 Å². The van der Waals surface area contributed by atoms with Crippen molar-refractivity contribution < 1.29 is 0 Å². The van der Waals surface area contributed by atoms with Crippen LogP contribution in [0, 0.1) is 5.92 Å². The van der Waals surface area contributed by atoms with Gasteiger partial charge < -0.3 is 10.6 Å². The van der Waals surface area contributed by atoms with Crippen LogP contribution in [0.2, 0.25) is 0 Å². The Labute approximate surface area is 124 Å². The van der Waals surface area contributed by atoms with Gasteiger partial charge >= 0.3 is 0 Å². The number of fused-ring (bicyclic) bond motifs is 1. The molecule has 2 N–H and O–H groups in total. The van der Waals surface area contributed by atoms with Crippen LogP contribution in [0.1, 0.15) is 38.0 Å². The summed E-state index contributed by atoms with van der Waals surface area (Å²) in [6.45, 7) is 6.43. The van der Waals surface area contributed by atoms with Gasteiger partial charge in [-0.25, -0.2) is 4.98 Å². The van der Waals surface area contributed by atoms with Gasteiger partial charge in [0.15, 0.2) is 0 Å². The van der Waals surface area contributed by atoms with E-state index >= 15 is 0 Å². The molecule has 0 spiro atoms. The van der Waals surface area contributed by atoms with Gasteiger partial charge in [-0.05, 0) is 38.2 Å². The Morgan fingerprint density at radius 2 is 2.15 bits per heavy atom. The topological polar surface area (TPSA) is 55.0 Å². The molecule has 2 heterocycles. The van der Waals surface area contributed by atoms with E-state index in [9.17, 15) is 0 Å². The second kappa shape index (κ2) is 5.56. The lowest BCUT2D eigenvalue weighted by Gasteiger charge is -2.32. The number of nitrogens with two attached hydrogens (primary N) is 1. The maximum absolute atomic E-state index is 5.90. The number of aromatic nitrogens is 2. The number of rotatable bonds is 5. The Kier molecular flexibility index (Phi) is 3.78. The van der Waals surface area contributed by atoms with E-state index in [1.54, 1.807) is 11.3 Å². The SMILES string of the molecule is CCc1cc2c(N(CC)CC3CCC3)nc(N)nc2s1. The Morgan fingerprint density at radius 3 is 2.75 bits per heavy atom. The van der Waals surface area contributed by atoms with Crippen molar-refractivity contribution in [3.05, 3.63) is 10.9 Å². The summed E-state index contributed by atoms with van der Waals surface area (Å²) in [5.74, 6) is 2.24. The monoisotopic (exact) mass is 290 g/mol. The van der Waals surface area contributed by atoms with Crippen molar-refractivity contribution in [3.63, 3.8) is 0 Å². The van der Waals surface area contributed by atoms with Crippen LogP contribution >= 0.6 is 11.3 Å². The van der Waals surface area contributed by atoms with Gasteiger partial charge in [0.05, 0.1) is 5.39 Å². The fourth-order valence-corrected chi connectivity index (χ4v) is 3.71. The van der Waals surface area contributed by atoms with E-state index in [4.69, 9.17) is 5.73 Å². The van der Waals surface area contributed by atoms with Gasteiger partial charge in [0, 0.05) is 18.0 Å². The molecule has 0 saturated heterocycles. The van der Waals surface area contributed by atoms with Crippen molar-refractivity contribution in [1.29, 1.82) is 0 Å². The van der Waals surface area contributed by atoms with Gasteiger partial charge in [-0.2, -0.15) is 4.98 Å². The van der Waals surface area contributed by atoms with Gasteiger partial charge in [-0.3, -0.25) is 0 Å². The average Bonchev–Trinajstić information content (AvgIpc) is 2.80. The maximum Gasteiger partial charge on any atom is 0.223 e. The van der Waals surface area contributed by atoms with Crippen LogP contribution < -0.4 is 10.6 Å². The lowest BCUT2D eigenvalue weighted by atomic mass is 9.85. The minimum absolute atomic E-state index is 0.393. The molecule has 1 saturated carbocycles. The largest absolute Gasteiger partial charge is 0.368 e. The minimum atomic E-state index is 0.393. The molecule has 1 aliphatic carbocycles. The molecule has 1 aliphatic rings. The molecule has 3 rings (SSSR count). The first-order chi connectivity index (χ1) is 9.71. The molecule has 0 aliphatic heterocycles. The zero-order valence-corrected chi connectivity index (χ0v) is 13.0. The highest BCUT2D eigenvalue weighted by atomic mass is 32.1. The summed E-state index contributed by atoms with van der Waals surface area (Å²) in [6.07, 6.45) is 5.12. The minimum Gasteiger partial charge on any atom is -0.368 e. The summed E-state index contributed by atoms with van der Waals surface area (Å²) >= 11 is 1.73. The zero-order chi connectivity index (χ0) is 14.1. The van der Waals surface area contributed by atoms with E-state index < -0.39 is 0 Å². The summed E-state index contributed by atoms with van der Waals surface area (Å²) in [7, 11) is 0. The summed E-state index contributed by atoms with van der Waals surface area (Å²) in [6, 6.07) is 2.23. The van der Waals surface area contributed by atoms with Crippen LogP contribution in [0.3, 0.4) is 0 Å². The van der Waals surface area contributed by atoms with Crippen molar-refractivity contribution in [2.24, 2.45) is 5.92 Å². The predicted molar refractivity (Wildman–Crippen MR) is 86.4 cm³/mol. The highest BCUT2D eigenvalue weighted by molar-refractivity contribution is 7.18. The summed E-state index contributed by atoms with van der Waals surface area (Å²) in [5.41, 5.74) is 5.90. The Hall–Kier alpha value is -1.36. The molecular formula is C15H22N4S. The van der Waals surface area contributed by atoms with Crippen LogP contribution in [0.5, 0.6) is 0 Å². The van der Waals surface area contributed by atoms with Crippen molar-refractivity contribution in [3.8, 4) is 0 Å². The molecule has 2 aromatic heterocycles. The summed E-state index contributed by atoms with van der Waals surface area (Å²) < 4.78 is 0. The lowest BCUT2D eigenvalue weighted by molar-refractivity contribution is 0.318. The fourth-order valence-electron chi connectivity index (χ4n) is 2.74. The van der Waals surface area contributed by atoms with E-state index in [-0.39, 0.29) is 0 Å². The van der Waals surface area contributed by atoms with Crippen LogP contribution in [0.4, 0.5) is 11.8 Å². The first-order valence-corrected chi connectivity index (χ1v) is 8.33. The van der Waals surface area contributed by atoms with Gasteiger partial charge in [0.2, 0.25) is 5.95 Å². The third-order valence-electron chi connectivity index (χ3n) is 4.17. The number of nitrogen functional groups attached to an aromatic ring is 1. The average molecular weight is 290 g/mol. The first kappa shape index (κ1) is 13.6. The Morgan fingerprint density at radius 1 is 1.35 bits per heavy atom. The molecule has 1 fully saturated rings. The second-order valence-electron chi connectivity index (χ2n) is 5.53. The standard InChI is InChI=1S/C15H22N4S/c1-3-11-8-12-13(17-15(16)18-14(12)20-11)19(4-2)9-10-6-5-7-10/h8,10H,3-7,9H2,1-2H3,(H2,16,17,18). The molecular weight excluding hydrogens is 268 g/mol. The Balaban J connectivity index is 2.00. The van der Waals surface area contributed by atoms with E-state index in [1.807, 2.05) is 0 Å². The van der Waals surface area contributed by atoms with Gasteiger partial charge in [-0.15, -0.1) is 11.3 Å². The van der Waals surface area contributed by atoms with Crippen molar-refractivity contribution in [2.75, 3.05) is 23.7 Å².